The Kier molecular flexibility index (Phi) is 8.90. The zero-order valence-electron chi connectivity index (χ0n) is 21.0. The number of H-pyrrole nitrogens is 1. The van der Waals surface area contributed by atoms with Crippen LogP contribution in [0.2, 0.25) is 0 Å². The Bertz CT molecular complexity index is 1170. The lowest BCUT2D eigenvalue weighted by Gasteiger charge is -2.44. The highest BCUT2D eigenvalue weighted by atomic mass is 16.2. The lowest BCUT2D eigenvalue weighted by atomic mass is 9.99. The van der Waals surface area contributed by atoms with Crippen LogP contribution in [0, 0.1) is 0 Å². The van der Waals surface area contributed by atoms with Gasteiger partial charge in [0.25, 0.3) is 0 Å². The first-order valence-electron chi connectivity index (χ1n) is 13.0. The predicted molar refractivity (Wildman–Crippen MR) is 142 cm³/mol. The van der Waals surface area contributed by atoms with E-state index in [1.54, 1.807) is 6.92 Å². The van der Waals surface area contributed by atoms with Crippen molar-refractivity contribution in [2.45, 2.75) is 64.1 Å². The van der Waals surface area contributed by atoms with Crippen LogP contribution in [-0.4, -0.2) is 53.3 Å². The second-order valence-corrected chi connectivity index (χ2v) is 9.58. The second-order valence-electron chi connectivity index (χ2n) is 9.58. The summed E-state index contributed by atoms with van der Waals surface area (Å²) in [6, 6.07) is 18.2. The highest BCUT2D eigenvalue weighted by Gasteiger charge is 2.37. The summed E-state index contributed by atoms with van der Waals surface area (Å²) >= 11 is 0. The molecule has 1 aliphatic rings. The Morgan fingerprint density at radius 2 is 1.86 bits per heavy atom. The topological polar surface area (TPSA) is 94.3 Å². The number of fused-ring (bicyclic) bond motifs is 1. The molecule has 3 aromatic rings. The third-order valence-electron chi connectivity index (χ3n) is 7.08. The average Bonchev–Trinajstić information content (AvgIpc) is 3.24. The number of aromatic nitrogens is 1. The molecule has 36 heavy (non-hydrogen) atoms. The summed E-state index contributed by atoms with van der Waals surface area (Å²) in [6.45, 7) is 2.93. The average molecular weight is 489 g/mol. The maximum atomic E-state index is 13.3. The number of carbonyl (C=O) groups is 3. The standard InChI is InChI=1S/C29H36N4O3/c1-21(35)10-4-2-7-15-26(33-19-17-27(33)31-20-34)29(36)30-18-16-24-23-13-8-9-14-25(23)32-28(24)22-11-5-3-6-12-22/h3,5-6,8-9,11-14,20,26-27,32H,2,4,7,10,15-19H2,1H3,(H,30,36)(H,31,34)/t26-,27+/m0/s1. The van der Waals surface area contributed by atoms with E-state index < -0.39 is 0 Å². The van der Waals surface area contributed by atoms with E-state index in [0.29, 0.717) is 32.2 Å². The summed E-state index contributed by atoms with van der Waals surface area (Å²) < 4.78 is 0. The van der Waals surface area contributed by atoms with Crippen molar-refractivity contribution in [3.05, 3.63) is 60.2 Å². The van der Waals surface area contributed by atoms with Crippen LogP contribution in [0.5, 0.6) is 0 Å². The van der Waals surface area contributed by atoms with Gasteiger partial charge in [-0.2, -0.15) is 0 Å². The second kappa shape index (κ2) is 12.5. The molecular formula is C29H36N4O3. The molecule has 2 heterocycles. The molecule has 0 spiro atoms. The van der Waals surface area contributed by atoms with E-state index in [0.717, 1.165) is 49.0 Å². The third kappa shape index (κ3) is 6.21. The normalized spacial score (nSPS) is 16.3. The molecule has 3 N–H and O–H groups in total. The number of benzene rings is 2. The summed E-state index contributed by atoms with van der Waals surface area (Å²) in [6.07, 6.45) is 6.11. The van der Waals surface area contributed by atoms with Crippen molar-refractivity contribution in [3.63, 3.8) is 0 Å². The van der Waals surface area contributed by atoms with E-state index in [1.165, 1.54) is 10.9 Å². The van der Waals surface area contributed by atoms with Gasteiger partial charge in [0.1, 0.15) is 5.78 Å². The number of amides is 2. The Morgan fingerprint density at radius 1 is 1.08 bits per heavy atom. The number of unbranched alkanes of at least 4 members (excludes halogenated alkanes) is 2. The SMILES string of the molecule is CC(=O)CCCCC[C@@H](C(=O)NCCc1c(-c2ccccc2)[nH]c2ccccc12)N1CC[C@@H]1NC=O. The Morgan fingerprint density at radius 3 is 2.58 bits per heavy atom. The number of para-hydroxylation sites is 1. The van der Waals surface area contributed by atoms with Crippen molar-refractivity contribution in [1.29, 1.82) is 0 Å². The van der Waals surface area contributed by atoms with E-state index in [-0.39, 0.29) is 23.9 Å². The number of rotatable bonds is 14. The van der Waals surface area contributed by atoms with Crippen molar-refractivity contribution in [1.82, 2.24) is 20.5 Å². The number of hydrogen-bond acceptors (Lipinski definition) is 4. The van der Waals surface area contributed by atoms with Crippen molar-refractivity contribution in [3.8, 4) is 11.3 Å². The van der Waals surface area contributed by atoms with Crippen LogP contribution in [0.3, 0.4) is 0 Å². The Hall–Kier alpha value is -3.45. The zero-order chi connectivity index (χ0) is 25.3. The molecule has 190 valence electrons. The van der Waals surface area contributed by atoms with E-state index >= 15 is 0 Å². The minimum Gasteiger partial charge on any atom is -0.354 e. The number of carbonyl (C=O) groups excluding carboxylic acids is 3. The Balaban J connectivity index is 1.42. The molecule has 7 heteroatoms. The fraction of sp³-hybridized carbons (Fsp3) is 0.414. The minimum atomic E-state index is -0.287. The molecule has 2 amide bonds. The molecule has 1 fully saturated rings. The maximum absolute atomic E-state index is 13.3. The van der Waals surface area contributed by atoms with Crippen LogP contribution in [0.25, 0.3) is 22.2 Å². The van der Waals surface area contributed by atoms with Gasteiger partial charge in [0, 0.05) is 36.1 Å². The van der Waals surface area contributed by atoms with Gasteiger partial charge in [-0.15, -0.1) is 0 Å². The maximum Gasteiger partial charge on any atom is 0.237 e. The molecule has 0 radical (unpaired) electrons. The molecule has 2 aromatic carbocycles. The quantitative estimate of drug-likeness (QED) is 0.234. The number of Topliss-reactive ketones (excluding diaryl/α,β-unsaturated/α-hetero) is 1. The molecular weight excluding hydrogens is 452 g/mol. The van der Waals surface area contributed by atoms with Crippen LogP contribution < -0.4 is 10.6 Å². The fourth-order valence-corrected chi connectivity index (χ4v) is 5.11. The van der Waals surface area contributed by atoms with Gasteiger partial charge in [-0.05, 0) is 49.8 Å². The smallest absolute Gasteiger partial charge is 0.237 e. The molecule has 0 unspecified atom stereocenters. The molecule has 7 nitrogen and oxygen atoms in total. The lowest BCUT2D eigenvalue weighted by molar-refractivity contribution is -0.132. The molecule has 0 bridgehead atoms. The van der Waals surface area contributed by atoms with E-state index in [4.69, 9.17) is 0 Å². The molecule has 1 aliphatic heterocycles. The number of nitrogens with one attached hydrogen (secondary N) is 3. The van der Waals surface area contributed by atoms with Crippen LogP contribution >= 0.6 is 0 Å². The number of hydrogen-bond donors (Lipinski definition) is 3. The zero-order valence-corrected chi connectivity index (χ0v) is 21.0. The number of likely N-dealkylation sites (tertiary alicyclic amines) is 1. The first-order valence-corrected chi connectivity index (χ1v) is 13.0. The highest BCUT2D eigenvalue weighted by molar-refractivity contribution is 5.91. The van der Waals surface area contributed by atoms with Crippen molar-refractivity contribution in [2.24, 2.45) is 0 Å². The van der Waals surface area contributed by atoms with Gasteiger partial charge < -0.3 is 20.4 Å². The van der Waals surface area contributed by atoms with Gasteiger partial charge in [-0.25, -0.2) is 0 Å². The van der Waals surface area contributed by atoms with Gasteiger partial charge in [-0.1, -0.05) is 61.4 Å². The summed E-state index contributed by atoms with van der Waals surface area (Å²) in [5.74, 6) is 0.203. The number of nitrogens with zero attached hydrogens (tertiary/aromatic N) is 1. The van der Waals surface area contributed by atoms with Gasteiger partial charge in [0.05, 0.1) is 12.2 Å². The summed E-state index contributed by atoms with van der Waals surface area (Å²) in [5.41, 5.74) is 4.50. The fourth-order valence-electron chi connectivity index (χ4n) is 5.11. The first-order chi connectivity index (χ1) is 17.6. The molecule has 0 aliphatic carbocycles. The minimum absolute atomic E-state index is 0.0000641. The van der Waals surface area contributed by atoms with Crippen LogP contribution in [0.15, 0.2) is 54.6 Å². The molecule has 1 saturated heterocycles. The molecule has 1 aromatic heterocycles. The van der Waals surface area contributed by atoms with Crippen LogP contribution in [-0.2, 0) is 20.8 Å². The van der Waals surface area contributed by atoms with Gasteiger partial charge in [0.2, 0.25) is 12.3 Å². The van der Waals surface area contributed by atoms with Crippen molar-refractivity contribution in [2.75, 3.05) is 13.1 Å². The van der Waals surface area contributed by atoms with Gasteiger partial charge >= 0.3 is 0 Å². The number of aromatic amines is 1. The predicted octanol–water partition coefficient (Wildman–Crippen LogP) is 4.18. The van der Waals surface area contributed by atoms with Crippen LogP contribution in [0.4, 0.5) is 0 Å². The van der Waals surface area contributed by atoms with Gasteiger partial charge in [0.15, 0.2) is 0 Å². The van der Waals surface area contributed by atoms with E-state index in [1.807, 2.05) is 30.3 Å². The number of ketones is 1. The third-order valence-corrected chi connectivity index (χ3v) is 7.08. The molecule has 4 rings (SSSR count). The van der Waals surface area contributed by atoms with Crippen LogP contribution in [0.1, 0.15) is 51.0 Å². The Labute approximate surface area is 212 Å². The summed E-state index contributed by atoms with van der Waals surface area (Å²) in [5, 5.41) is 7.17. The first kappa shape index (κ1) is 25.6. The molecule has 2 atom stereocenters. The summed E-state index contributed by atoms with van der Waals surface area (Å²) in [4.78, 5) is 41.2. The van der Waals surface area contributed by atoms with Gasteiger partial charge in [-0.3, -0.25) is 14.5 Å². The lowest BCUT2D eigenvalue weighted by Crippen LogP contribution is -2.63. The van der Waals surface area contributed by atoms with E-state index in [9.17, 15) is 14.4 Å². The largest absolute Gasteiger partial charge is 0.354 e. The van der Waals surface area contributed by atoms with E-state index in [2.05, 4.69) is 44.8 Å². The monoisotopic (exact) mass is 488 g/mol. The van der Waals surface area contributed by atoms with Crippen molar-refractivity contribution >= 4 is 29.0 Å². The summed E-state index contributed by atoms with van der Waals surface area (Å²) in [7, 11) is 0. The van der Waals surface area contributed by atoms with Crippen molar-refractivity contribution < 1.29 is 14.4 Å². The molecule has 0 saturated carbocycles. The highest BCUT2D eigenvalue weighted by Crippen LogP contribution is 2.30.